The van der Waals surface area contributed by atoms with Gasteiger partial charge in [-0.3, -0.25) is 0 Å². The first-order valence-electron chi connectivity index (χ1n) is 5.55. The van der Waals surface area contributed by atoms with Crippen LogP contribution in [0.2, 0.25) is 5.15 Å². The number of carbonyl (C=O) groups is 1. The van der Waals surface area contributed by atoms with E-state index in [1.807, 2.05) is 0 Å². The number of rotatable bonds is 1. The molecule has 0 aliphatic rings. The number of hydrogen-bond donors (Lipinski definition) is 0. The normalized spacial score (nSPS) is 11.1. The molecule has 0 amide bonds. The van der Waals surface area contributed by atoms with Gasteiger partial charge >= 0.3 is 5.97 Å². The molecular formula is C13H9ClN2O3. The van der Waals surface area contributed by atoms with E-state index >= 15 is 0 Å². The number of pyridine rings is 1. The lowest BCUT2D eigenvalue weighted by atomic mass is 10.1. The number of oxazole rings is 1. The summed E-state index contributed by atoms with van der Waals surface area (Å²) in [6, 6.07) is 5.17. The zero-order valence-electron chi connectivity index (χ0n) is 10.2. The van der Waals surface area contributed by atoms with Crippen molar-refractivity contribution >= 4 is 39.6 Å². The van der Waals surface area contributed by atoms with Gasteiger partial charge in [-0.25, -0.2) is 14.8 Å². The molecule has 0 bridgehead atoms. The predicted octanol–water partition coefficient (Wildman–Crippen LogP) is 3.12. The van der Waals surface area contributed by atoms with Gasteiger partial charge in [-0.2, -0.15) is 0 Å². The number of methoxy groups -OCH3 is 1. The predicted molar refractivity (Wildman–Crippen MR) is 70.4 cm³/mol. The van der Waals surface area contributed by atoms with Crippen LogP contribution < -0.4 is 0 Å². The average Bonchev–Trinajstić information content (AvgIpc) is 2.80. The highest BCUT2D eigenvalue weighted by atomic mass is 35.5. The SMILES string of the molecule is COC(=O)c1cccc2c1nc(Cl)c1nc(C)oc12. The molecule has 6 heteroatoms. The molecule has 3 aromatic rings. The number of ether oxygens (including phenoxy) is 1. The molecule has 2 aromatic heterocycles. The molecule has 0 saturated heterocycles. The summed E-state index contributed by atoms with van der Waals surface area (Å²) in [7, 11) is 1.32. The van der Waals surface area contributed by atoms with Crippen LogP contribution in [0.5, 0.6) is 0 Å². The lowest BCUT2D eigenvalue weighted by Gasteiger charge is -2.04. The molecular weight excluding hydrogens is 268 g/mol. The van der Waals surface area contributed by atoms with Crippen LogP contribution in [0.3, 0.4) is 0 Å². The molecule has 5 nitrogen and oxygen atoms in total. The van der Waals surface area contributed by atoms with Crippen LogP contribution in [0.4, 0.5) is 0 Å². The Morgan fingerprint density at radius 3 is 2.84 bits per heavy atom. The lowest BCUT2D eigenvalue weighted by molar-refractivity contribution is 0.0603. The summed E-state index contributed by atoms with van der Waals surface area (Å²) in [5.74, 6) is 0.0272. The number of para-hydroxylation sites is 1. The quantitative estimate of drug-likeness (QED) is 0.505. The number of benzene rings is 1. The van der Waals surface area contributed by atoms with E-state index in [1.165, 1.54) is 7.11 Å². The van der Waals surface area contributed by atoms with E-state index in [4.69, 9.17) is 20.8 Å². The molecule has 3 rings (SSSR count). The first-order valence-corrected chi connectivity index (χ1v) is 5.93. The Labute approximate surface area is 113 Å². The highest BCUT2D eigenvalue weighted by Gasteiger charge is 2.18. The highest BCUT2D eigenvalue weighted by Crippen LogP contribution is 2.31. The van der Waals surface area contributed by atoms with Gasteiger partial charge in [-0.1, -0.05) is 17.7 Å². The van der Waals surface area contributed by atoms with E-state index in [9.17, 15) is 4.79 Å². The van der Waals surface area contributed by atoms with Crippen molar-refractivity contribution in [3.63, 3.8) is 0 Å². The molecule has 1 aromatic carbocycles. The Morgan fingerprint density at radius 2 is 2.11 bits per heavy atom. The van der Waals surface area contributed by atoms with Crippen molar-refractivity contribution in [3.05, 3.63) is 34.8 Å². The van der Waals surface area contributed by atoms with Crippen LogP contribution in [0.15, 0.2) is 22.6 Å². The Balaban J connectivity index is 2.48. The summed E-state index contributed by atoms with van der Waals surface area (Å²) in [5, 5.41) is 0.888. The number of nitrogens with zero attached hydrogens (tertiary/aromatic N) is 2. The summed E-state index contributed by atoms with van der Waals surface area (Å²) >= 11 is 6.08. The minimum absolute atomic E-state index is 0.204. The van der Waals surface area contributed by atoms with Gasteiger partial charge in [0, 0.05) is 12.3 Å². The fourth-order valence-electron chi connectivity index (χ4n) is 2.02. The molecule has 0 saturated carbocycles. The molecule has 0 fully saturated rings. The van der Waals surface area contributed by atoms with Crippen molar-refractivity contribution in [1.29, 1.82) is 0 Å². The molecule has 0 aliphatic heterocycles. The van der Waals surface area contributed by atoms with Crippen molar-refractivity contribution in [2.45, 2.75) is 6.92 Å². The molecule has 0 N–H and O–H groups in total. The smallest absolute Gasteiger partial charge is 0.340 e. The maximum absolute atomic E-state index is 11.7. The number of halogens is 1. The fourth-order valence-corrected chi connectivity index (χ4v) is 2.24. The number of aromatic nitrogens is 2. The molecule has 0 atom stereocenters. The van der Waals surface area contributed by atoms with Gasteiger partial charge in [0.05, 0.1) is 18.2 Å². The van der Waals surface area contributed by atoms with E-state index in [1.54, 1.807) is 25.1 Å². The molecule has 0 spiro atoms. The Morgan fingerprint density at radius 1 is 1.32 bits per heavy atom. The molecule has 96 valence electrons. The first kappa shape index (κ1) is 11.9. The molecule has 0 aliphatic carbocycles. The third-order valence-corrected chi connectivity index (χ3v) is 3.09. The number of fused-ring (bicyclic) bond motifs is 3. The largest absolute Gasteiger partial charge is 0.465 e. The number of hydrogen-bond acceptors (Lipinski definition) is 5. The second kappa shape index (κ2) is 4.20. The van der Waals surface area contributed by atoms with Crippen LogP contribution in [-0.2, 0) is 4.74 Å². The second-order valence-electron chi connectivity index (χ2n) is 4.01. The van der Waals surface area contributed by atoms with Gasteiger partial charge in [-0.15, -0.1) is 0 Å². The number of esters is 1. The number of carbonyl (C=O) groups excluding carboxylic acids is 1. The van der Waals surface area contributed by atoms with Crippen molar-refractivity contribution < 1.29 is 13.9 Å². The summed E-state index contributed by atoms with van der Waals surface area (Å²) in [6.07, 6.45) is 0. The Kier molecular flexibility index (Phi) is 2.64. The molecule has 0 radical (unpaired) electrons. The van der Waals surface area contributed by atoms with Gasteiger partial charge in [0.25, 0.3) is 0 Å². The van der Waals surface area contributed by atoms with Gasteiger partial charge < -0.3 is 9.15 Å². The Bertz CT molecular complexity index is 810. The van der Waals surface area contributed by atoms with Crippen molar-refractivity contribution in [3.8, 4) is 0 Å². The summed E-state index contributed by atoms with van der Waals surface area (Å²) < 4.78 is 10.3. The lowest BCUT2D eigenvalue weighted by Crippen LogP contribution is -2.03. The average molecular weight is 277 g/mol. The first-order chi connectivity index (χ1) is 9.11. The topological polar surface area (TPSA) is 65.2 Å². The van der Waals surface area contributed by atoms with E-state index in [2.05, 4.69) is 9.97 Å². The summed E-state index contributed by atoms with van der Waals surface area (Å²) in [6.45, 7) is 1.73. The van der Waals surface area contributed by atoms with E-state index in [-0.39, 0.29) is 5.15 Å². The monoisotopic (exact) mass is 276 g/mol. The van der Waals surface area contributed by atoms with Gasteiger partial charge in [0.1, 0.15) is 5.52 Å². The minimum atomic E-state index is -0.468. The molecule has 19 heavy (non-hydrogen) atoms. The maximum Gasteiger partial charge on any atom is 0.340 e. The van der Waals surface area contributed by atoms with Crippen LogP contribution >= 0.6 is 11.6 Å². The van der Waals surface area contributed by atoms with Crippen LogP contribution in [0.25, 0.3) is 22.0 Å². The van der Waals surface area contributed by atoms with Gasteiger partial charge in [-0.05, 0) is 12.1 Å². The summed E-state index contributed by atoms with van der Waals surface area (Å²) in [5.41, 5.74) is 1.81. The molecule has 0 unspecified atom stereocenters. The highest BCUT2D eigenvalue weighted by molar-refractivity contribution is 6.35. The second-order valence-corrected chi connectivity index (χ2v) is 4.36. The Hall–Kier alpha value is -2.14. The van der Waals surface area contributed by atoms with Crippen LogP contribution in [0.1, 0.15) is 16.2 Å². The van der Waals surface area contributed by atoms with E-state index < -0.39 is 5.97 Å². The van der Waals surface area contributed by atoms with Crippen LogP contribution in [-0.4, -0.2) is 23.0 Å². The van der Waals surface area contributed by atoms with E-state index in [0.717, 1.165) is 0 Å². The number of aryl methyl sites for hydroxylation is 1. The molecule has 2 heterocycles. The van der Waals surface area contributed by atoms with Crippen molar-refractivity contribution in [1.82, 2.24) is 9.97 Å². The van der Waals surface area contributed by atoms with Crippen molar-refractivity contribution in [2.24, 2.45) is 0 Å². The standard InChI is InChI=1S/C13H9ClN2O3/c1-6-15-10-11(19-6)7-4-3-5-8(13(17)18-2)9(7)16-12(10)14/h3-5H,1-2H3. The zero-order valence-corrected chi connectivity index (χ0v) is 11.0. The van der Waals surface area contributed by atoms with E-state index in [0.29, 0.717) is 33.5 Å². The fraction of sp³-hybridized carbons (Fsp3) is 0.154. The van der Waals surface area contributed by atoms with Gasteiger partial charge in [0.15, 0.2) is 16.6 Å². The van der Waals surface area contributed by atoms with Crippen molar-refractivity contribution in [2.75, 3.05) is 7.11 Å². The third-order valence-electron chi connectivity index (χ3n) is 2.83. The van der Waals surface area contributed by atoms with Gasteiger partial charge in [0.2, 0.25) is 0 Å². The summed E-state index contributed by atoms with van der Waals surface area (Å²) in [4.78, 5) is 20.1. The third kappa shape index (κ3) is 1.74. The minimum Gasteiger partial charge on any atom is -0.465 e. The zero-order chi connectivity index (χ0) is 13.6. The maximum atomic E-state index is 11.7. The van der Waals surface area contributed by atoms with Crippen LogP contribution in [0, 0.1) is 6.92 Å².